The first-order valence-corrected chi connectivity index (χ1v) is 5.10. The van der Waals surface area contributed by atoms with Crippen LogP contribution in [0.2, 0.25) is 5.15 Å². The second kappa shape index (κ2) is 4.11. The molecule has 1 N–H and O–H groups in total. The molecule has 1 atom stereocenters. The molecule has 0 radical (unpaired) electrons. The van der Waals surface area contributed by atoms with E-state index < -0.39 is 0 Å². The molecule has 0 saturated carbocycles. The lowest BCUT2D eigenvalue weighted by atomic mass is 10.2. The standard InChI is InChI=1S/C9H13ClN4/c1-7-5-11-2-3-14(7)9-4-8(10)12-6-13-9/h4,6-7,11H,2-3,5H2,1H3/t7-/m0/s1. The predicted molar refractivity (Wildman–Crippen MR) is 56.7 cm³/mol. The Kier molecular flexibility index (Phi) is 2.84. The summed E-state index contributed by atoms with van der Waals surface area (Å²) in [7, 11) is 0. The van der Waals surface area contributed by atoms with Gasteiger partial charge >= 0.3 is 0 Å². The Morgan fingerprint density at radius 2 is 2.43 bits per heavy atom. The largest absolute Gasteiger partial charge is 0.351 e. The smallest absolute Gasteiger partial charge is 0.134 e. The van der Waals surface area contributed by atoms with E-state index in [-0.39, 0.29) is 0 Å². The zero-order chi connectivity index (χ0) is 9.97. The molecule has 2 rings (SSSR count). The van der Waals surface area contributed by atoms with Crippen molar-refractivity contribution >= 4 is 17.4 Å². The predicted octanol–water partition coefficient (Wildman–Crippen LogP) is 0.928. The van der Waals surface area contributed by atoms with Crippen LogP contribution in [0.15, 0.2) is 12.4 Å². The summed E-state index contributed by atoms with van der Waals surface area (Å²) >= 11 is 5.82. The lowest BCUT2D eigenvalue weighted by Gasteiger charge is -2.34. The van der Waals surface area contributed by atoms with Gasteiger partial charge in [-0.1, -0.05) is 11.6 Å². The zero-order valence-corrected chi connectivity index (χ0v) is 8.83. The van der Waals surface area contributed by atoms with E-state index in [1.807, 2.05) is 6.07 Å². The number of hydrogen-bond donors (Lipinski definition) is 1. The molecule has 0 aliphatic carbocycles. The van der Waals surface area contributed by atoms with Crippen LogP contribution >= 0.6 is 11.6 Å². The van der Waals surface area contributed by atoms with Crippen molar-refractivity contribution in [3.05, 3.63) is 17.5 Å². The molecule has 0 aromatic carbocycles. The summed E-state index contributed by atoms with van der Waals surface area (Å²) in [6.45, 7) is 5.12. The van der Waals surface area contributed by atoms with Crippen molar-refractivity contribution in [2.45, 2.75) is 13.0 Å². The van der Waals surface area contributed by atoms with Gasteiger partial charge in [-0.05, 0) is 6.92 Å². The van der Waals surface area contributed by atoms with Crippen molar-refractivity contribution < 1.29 is 0 Å². The highest BCUT2D eigenvalue weighted by molar-refractivity contribution is 6.29. The minimum atomic E-state index is 0.453. The van der Waals surface area contributed by atoms with Gasteiger partial charge in [0, 0.05) is 31.7 Å². The molecule has 1 fully saturated rings. The second-order valence-electron chi connectivity index (χ2n) is 3.45. The van der Waals surface area contributed by atoms with Crippen molar-refractivity contribution in [3.8, 4) is 0 Å². The Morgan fingerprint density at radius 3 is 3.14 bits per heavy atom. The Morgan fingerprint density at radius 1 is 1.57 bits per heavy atom. The maximum atomic E-state index is 5.82. The third-order valence-electron chi connectivity index (χ3n) is 2.41. The molecule has 1 aromatic rings. The quantitative estimate of drug-likeness (QED) is 0.704. The molecule has 1 saturated heterocycles. The Hall–Kier alpha value is -0.870. The van der Waals surface area contributed by atoms with Gasteiger partial charge in [0.05, 0.1) is 0 Å². The summed E-state index contributed by atoms with van der Waals surface area (Å²) in [6, 6.07) is 2.26. The van der Waals surface area contributed by atoms with Gasteiger partial charge in [0.15, 0.2) is 0 Å². The van der Waals surface area contributed by atoms with Crippen molar-refractivity contribution in [2.24, 2.45) is 0 Å². The normalized spacial score (nSPS) is 22.4. The van der Waals surface area contributed by atoms with Crippen LogP contribution in [-0.4, -0.2) is 35.6 Å². The fraction of sp³-hybridized carbons (Fsp3) is 0.556. The molecule has 1 aromatic heterocycles. The van der Waals surface area contributed by atoms with Gasteiger partial charge in [0.25, 0.3) is 0 Å². The van der Waals surface area contributed by atoms with Crippen LogP contribution in [0.5, 0.6) is 0 Å². The summed E-state index contributed by atoms with van der Waals surface area (Å²) in [5.74, 6) is 0.916. The number of nitrogens with one attached hydrogen (secondary N) is 1. The molecule has 1 aliphatic heterocycles. The monoisotopic (exact) mass is 212 g/mol. The van der Waals surface area contributed by atoms with E-state index in [1.54, 1.807) is 0 Å². The van der Waals surface area contributed by atoms with Gasteiger partial charge in [0.1, 0.15) is 17.3 Å². The highest BCUT2D eigenvalue weighted by atomic mass is 35.5. The fourth-order valence-corrected chi connectivity index (χ4v) is 1.80. The first-order valence-electron chi connectivity index (χ1n) is 4.72. The number of rotatable bonds is 1. The molecule has 5 heteroatoms. The minimum absolute atomic E-state index is 0.453. The Labute approximate surface area is 88.3 Å². The molecular formula is C9H13ClN4. The van der Waals surface area contributed by atoms with Crippen LogP contribution in [0.4, 0.5) is 5.82 Å². The number of halogens is 1. The number of piperazine rings is 1. The molecule has 1 aliphatic rings. The number of aromatic nitrogens is 2. The Balaban J connectivity index is 2.20. The van der Waals surface area contributed by atoms with E-state index in [1.165, 1.54) is 6.33 Å². The van der Waals surface area contributed by atoms with Gasteiger partial charge in [-0.2, -0.15) is 0 Å². The molecule has 4 nitrogen and oxygen atoms in total. The first-order chi connectivity index (χ1) is 6.77. The minimum Gasteiger partial charge on any atom is -0.351 e. The summed E-state index contributed by atoms with van der Waals surface area (Å²) in [6.07, 6.45) is 1.51. The van der Waals surface area contributed by atoms with E-state index in [2.05, 4.69) is 27.1 Å². The molecule has 0 unspecified atom stereocenters. The summed E-state index contributed by atoms with van der Waals surface area (Å²) < 4.78 is 0. The van der Waals surface area contributed by atoms with E-state index in [4.69, 9.17) is 11.6 Å². The van der Waals surface area contributed by atoms with E-state index in [9.17, 15) is 0 Å². The SMILES string of the molecule is C[C@H]1CNCCN1c1cc(Cl)ncn1. The molecule has 0 spiro atoms. The molecule has 14 heavy (non-hydrogen) atoms. The molecule has 0 bridgehead atoms. The van der Waals surface area contributed by atoms with Crippen molar-refractivity contribution in [2.75, 3.05) is 24.5 Å². The van der Waals surface area contributed by atoms with Crippen molar-refractivity contribution in [1.82, 2.24) is 15.3 Å². The average molecular weight is 213 g/mol. The second-order valence-corrected chi connectivity index (χ2v) is 3.83. The van der Waals surface area contributed by atoms with E-state index >= 15 is 0 Å². The van der Waals surface area contributed by atoms with E-state index in [0.29, 0.717) is 11.2 Å². The van der Waals surface area contributed by atoms with Gasteiger partial charge in [-0.3, -0.25) is 0 Å². The maximum absolute atomic E-state index is 5.82. The third kappa shape index (κ3) is 1.96. The molecule has 2 heterocycles. The third-order valence-corrected chi connectivity index (χ3v) is 2.62. The summed E-state index contributed by atoms with van der Waals surface area (Å²) in [5.41, 5.74) is 0. The average Bonchev–Trinajstić information content (AvgIpc) is 2.18. The zero-order valence-electron chi connectivity index (χ0n) is 8.07. The first kappa shape index (κ1) is 9.68. The number of nitrogens with zero attached hydrogens (tertiary/aromatic N) is 3. The number of hydrogen-bond acceptors (Lipinski definition) is 4. The van der Waals surface area contributed by atoms with Crippen LogP contribution in [0, 0.1) is 0 Å². The van der Waals surface area contributed by atoms with Crippen LogP contribution in [-0.2, 0) is 0 Å². The van der Waals surface area contributed by atoms with Gasteiger partial charge < -0.3 is 10.2 Å². The summed E-state index contributed by atoms with van der Waals surface area (Å²) in [5, 5.41) is 3.83. The molecule has 76 valence electrons. The van der Waals surface area contributed by atoms with E-state index in [0.717, 1.165) is 25.5 Å². The van der Waals surface area contributed by atoms with Gasteiger partial charge in [-0.15, -0.1) is 0 Å². The lowest BCUT2D eigenvalue weighted by molar-refractivity contribution is 0.497. The topological polar surface area (TPSA) is 41.0 Å². The van der Waals surface area contributed by atoms with Crippen molar-refractivity contribution in [3.63, 3.8) is 0 Å². The molecular weight excluding hydrogens is 200 g/mol. The highest BCUT2D eigenvalue weighted by Crippen LogP contribution is 2.17. The van der Waals surface area contributed by atoms with Gasteiger partial charge in [-0.25, -0.2) is 9.97 Å². The van der Waals surface area contributed by atoms with Crippen molar-refractivity contribution in [1.29, 1.82) is 0 Å². The lowest BCUT2D eigenvalue weighted by Crippen LogP contribution is -2.50. The summed E-state index contributed by atoms with van der Waals surface area (Å²) in [4.78, 5) is 10.3. The maximum Gasteiger partial charge on any atom is 0.134 e. The van der Waals surface area contributed by atoms with Crippen LogP contribution in [0.25, 0.3) is 0 Å². The van der Waals surface area contributed by atoms with Crippen LogP contribution < -0.4 is 10.2 Å². The van der Waals surface area contributed by atoms with Gasteiger partial charge in [0.2, 0.25) is 0 Å². The molecule has 0 amide bonds. The Bertz CT molecular complexity index is 317. The number of anilines is 1. The van der Waals surface area contributed by atoms with Crippen LogP contribution in [0.3, 0.4) is 0 Å². The fourth-order valence-electron chi connectivity index (χ4n) is 1.66. The highest BCUT2D eigenvalue weighted by Gasteiger charge is 2.19. The van der Waals surface area contributed by atoms with Crippen LogP contribution in [0.1, 0.15) is 6.92 Å².